The van der Waals surface area contributed by atoms with E-state index in [1.165, 1.54) is 11.6 Å². The molecule has 116 valence electrons. The molecule has 2 aromatic heterocycles. The first kappa shape index (κ1) is 15.3. The van der Waals surface area contributed by atoms with E-state index in [0.717, 1.165) is 24.0 Å². The molecule has 0 aliphatic carbocycles. The maximum atomic E-state index is 12.1. The number of unbranched alkanes of at least 4 members (excludes halogenated alkanes) is 1. The van der Waals surface area contributed by atoms with Crippen LogP contribution >= 0.6 is 0 Å². The van der Waals surface area contributed by atoms with Crippen LogP contribution in [0.3, 0.4) is 0 Å². The average Bonchev–Trinajstić information content (AvgIpc) is 2.92. The van der Waals surface area contributed by atoms with E-state index >= 15 is 0 Å². The zero-order chi connectivity index (χ0) is 15.6. The van der Waals surface area contributed by atoms with E-state index < -0.39 is 0 Å². The molecule has 3 N–H and O–H groups in total. The predicted molar refractivity (Wildman–Crippen MR) is 82.8 cm³/mol. The number of nitrogens with two attached hydrogens (primary N) is 1. The SMILES string of the molecule is CCCCN(CCN)c1nc2c([nH]1)c(=O)n(C)c(=O)n2C. The highest BCUT2D eigenvalue weighted by atomic mass is 16.2. The summed E-state index contributed by atoms with van der Waals surface area (Å²) in [5.41, 5.74) is 5.60. The van der Waals surface area contributed by atoms with Crippen molar-refractivity contribution in [1.82, 2.24) is 19.1 Å². The maximum absolute atomic E-state index is 12.1. The van der Waals surface area contributed by atoms with Gasteiger partial charge in [0.25, 0.3) is 5.56 Å². The van der Waals surface area contributed by atoms with Gasteiger partial charge in [0.15, 0.2) is 11.2 Å². The Kier molecular flexibility index (Phi) is 4.46. The lowest BCUT2D eigenvalue weighted by Crippen LogP contribution is -2.36. The van der Waals surface area contributed by atoms with Crippen molar-refractivity contribution in [2.45, 2.75) is 19.8 Å². The normalized spacial score (nSPS) is 11.2. The summed E-state index contributed by atoms with van der Waals surface area (Å²) >= 11 is 0. The van der Waals surface area contributed by atoms with E-state index in [2.05, 4.69) is 16.9 Å². The molecule has 21 heavy (non-hydrogen) atoms. The summed E-state index contributed by atoms with van der Waals surface area (Å²) in [7, 11) is 3.06. The van der Waals surface area contributed by atoms with E-state index in [0.29, 0.717) is 30.2 Å². The molecule has 8 nitrogen and oxygen atoms in total. The first-order chi connectivity index (χ1) is 10.0. The van der Waals surface area contributed by atoms with Crippen molar-refractivity contribution in [3.63, 3.8) is 0 Å². The average molecular weight is 294 g/mol. The van der Waals surface area contributed by atoms with Crippen molar-refractivity contribution in [2.75, 3.05) is 24.5 Å². The molecule has 2 aromatic rings. The molecule has 2 heterocycles. The first-order valence-electron chi connectivity index (χ1n) is 7.12. The second kappa shape index (κ2) is 6.13. The van der Waals surface area contributed by atoms with Crippen molar-refractivity contribution >= 4 is 17.1 Å². The predicted octanol–water partition coefficient (Wildman–Crippen LogP) is -0.474. The molecular formula is C13H22N6O2. The Morgan fingerprint density at radius 1 is 1.24 bits per heavy atom. The number of H-pyrrole nitrogens is 1. The lowest BCUT2D eigenvalue weighted by Gasteiger charge is -2.20. The fourth-order valence-electron chi connectivity index (χ4n) is 2.29. The van der Waals surface area contributed by atoms with Crippen molar-refractivity contribution in [3.05, 3.63) is 20.8 Å². The Hall–Kier alpha value is -2.09. The minimum absolute atomic E-state index is 0.341. The highest BCUT2D eigenvalue weighted by Crippen LogP contribution is 2.13. The summed E-state index contributed by atoms with van der Waals surface area (Å²) in [6.45, 7) is 4.06. The minimum atomic E-state index is -0.385. The fourth-order valence-corrected chi connectivity index (χ4v) is 2.29. The number of aromatic amines is 1. The number of rotatable bonds is 6. The van der Waals surface area contributed by atoms with Crippen molar-refractivity contribution in [3.8, 4) is 0 Å². The number of fused-ring (bicyclic) bond motifs is 1. The molecule has 0 atom stereocenters. The summed E-state index contributed by atoms with van der Waals surface area (Å²) in [6.07, 6.45) is 2.07. The van der Waals surface area contributed by atoms with Gasteiger partial charge in [-0.05, 0) is 6.42 Å². The van der Waals surface area contributed by atoms with Gasteiger partial charge in [-0.3, -0.25) is 13.9 Å². The number of hydrogen-bond donors (Lipinski definition) is 2. The first-order valence-corrected chi connectivity index (χ1v) is 7.12. The standard InChI is InChI=1S/C13H22N6O2/c1-4-5-7-19(8-6-14)12-15-9-10(16-12)17(2)13(21)18(3)11(9)20/h4-8,14H2,1-3H3,(H,15,16). The summed E-state index contributed by atoms with van der Waals surface area (Å²) in [4.78, 5) is 33.5. The summed E-state index contributed by atoms with van der Waals surface area (Å²) in [5, 5.41) is 0. The number of anilines is 1. The van der Waals surface area contributed by atoms with E-state index in [4.69, 9.17) is 5.73 Å². The van der Waals surface area contributed by atoms with Gasteiger partial charge in [-0.1, -0.05) is 13.3 Å². The van der Waals surface area contributed by atoms with Crippen molar-refractivity contribution < 1.29 is 0 Å². The third-order valence-corrected chi connectivity index (χ3v) is 3.56. The third kappa shape index (κ3) is 2.71. The molecule has 0 aromatic carbocycles. The Bertz CT molecular complexity index is 741. The maximum Gasteiger partial charge on any atom is 0.332 e. The summed E-state index contributed by atoms with van der Waals surface area (Å²) in [5.74, 6) is 0.585. The van der Waals surface area contributed by atoms with Gasteiger partial charge in [-0.15, -0.1) is 0 Å². The topological polar surface area (TPSA) is 102 Å². The highest BCUT2D eigenvalue weighted by molar-refractivity contribution is 5.72. The van der Waals surface area contributed by atoms with Crippen LogP contribution in [-0.2, 0) is 14.1 Å². The quantitative estimate of drug-likeness (QED) is 0.749. The number of nitrogens with one attached hydrogen (secondary N) is 1. The highest BCUT2D eigenvalue weighted by Gasteiger charge is 2.16. The van der Waals surface area contributed by atoms with Gasteiger partial charge >= 0.3 is 5.69 Å². The lowest BCUT2D eigenvalue weighted by molar-refractivity contribution is 0.700. The van der Waals surface area contributed by atoms with Crippen molar-refractivity contribution in [2.24, 2.45) is 19.8 Å². The number of aryl methyl sites for hydroxylation is 1. The molecule has 0 radical (unpaired) electrons. The van der Waals surface area contributed by atoms with Crippen LogP contribution in [0.5, 0.6) is 0 Å². The molecule has 0 unspecified atom stereocenters. The molecule has 0 spiro atoms. The van der Waals surface area contributed by atoms with Gasteiger partial charge in [-0.2, -0.15) is 4.98 Å². The van der Waals surface area contributed by atoms with Crippen LogP contribution in [0.25, 0.3) is 11.2 Å². The van der Waals surface area contributed by atoms with Gasteiger partial charge < -0.3 is 15.6 Å². The van der Waals surface area contributed by atoms with Crippen LogP contribution in [0.15, 0.2) is 9.59 Å². The van der Waals surface area contributed by atoms with Crippen LogP contribution < -0.4 is 21.9 Å². The molecule has 0 aliphatic heterocycles. The number of hydrogen-bond acceptors (Lipinski definition) is 5. The Morgan fingerprint density at radius 3 is 2.57 bits per heavy atom. The zero-order valence-electron chi connectivity index (χ0n) is 12.7. The molecular weight excluding hydrogens is 272 g/mol. The number of aromatic nitrogens is 4. The van der Waals surface area contributed by atoms with E-state index in [9.17, 15) is 9.59 Å². The van der Waals surface area contributed by atoms with Crippen LogP contribution in [0.1, 0.15) is 19.8 Å². The van der Waals surface area contributed by atoms with E-state index in [1.807, 2.05) is 4.90 Å². The van der Waals surface area contributed by atoms with Crippen molar-refractivity contribution in [1.29, 1.82) is 0 Å². The van der Waals surface area contributed by atoms with Crippen LogP contribution in [0.2, 0.25) is 0 Å². The Morgan fingerprint density at radius 2 is 1.95 bits per heavy atom. The number of imidazole rings is 1. The van der Waals surface area contributed by atoms with Gasteiger partial charge in [0.1, 0.15) is 0 Å². The molecule has 0 fully saturated rings. The monoisotopic (exact) mass is 294 g/mol. The van der Waals surface area contributed by atoms with Crippen LogP contribution in [-0.4, -0.2) is 38.7 Å². The molecule has 0 amide bonds. The molecule has 2 rings (SSSR count). The molecule has 0 bridgehead atoms. The molecule has 8 heteroatoms. The van der Waals surface area contributed by atoms with Gasteiger partial charge in [-0.25, -0.2) is 4.79 Å². The van der Waals surface area contributed by atoms with Gasteiger partial charge in [0.05, 0.1) is 0 Å². The van der Waals surface area contributed by atoms with E-state index in [-0.39, 0.29) is 11.2 Å². The second-order valence-electron chi connectivity index (χ2n) is 5.09. The molecule has 0 aliphatic rings. The lowest BCUT2D eigenvalue weighted by atomic mass is 10.3. The minimum Gasteiger partial charge on any atom is -0.341 e. The number of nitrogens with zero attached hydrogens (tertiary/aromatic N) is 4. The Balaban J connectivity index is 2.56. The zero-order valence-corrected chi connectivity index (χ0v) is 12.7. The summed E-state index contributed by atoms with van der Waals surface area (Å²) < 4.78 is 2.45. The van der Waals surface area contributed by atoms with Crippen LogP contribution in [0.4, 0.5) is 5.95 Å². The van der Waals surface area contributed by atoms with E-state index in [1.54, 1.807) is 7.05 Å². The smallest absolute Gasteiger partial charge is 0.332 e. The third-order valence-electron chi connectivity index (χ3n) is 3.56. The second-order valence-corrected chi connectivity index (χ2v) is 5.09. The summed E-state index contributed by atoms with van der Waals surface area (Å²) in [6, 6.07) is 0. The Labute approximate surface area is 122 Å². The molecule has 0 saturated carbocycles. The van der Waals surface area contributed by atoms with Crippen LogP contribution in [0, 0.1) is 0 Å². The van der Waals surface area contributed by atoms with Gasteiger partial charge in [0.2, 0.25) is 5.95 Å². The largest absolute Gasteiger partial charge is 0.341 e. The molecule has 0 saturated heterocycles. The van der Waals surface area contributed by atoms with Gasteiger partial charge in [0, 0.05) is 33.7 Å². The fraction of sp³-hybridized carbons (Fsp3) is 0.615.